The molecule has 1 N–H and O–H groups in total. The third-order valence-corrected chi connectivity index (χ3v) is 3.93. The molecule has 0 amide bonds. The van der Waals surface area contributed by atoms with Crippen LogP contribution in [0, 0.1) is 0 Å². The Hall–Kier alpha value is -0.740. The largest absolute Gasteiger partial charge is 1.00 e. The van der Waals surface area contributed by atoms with Crippen LogP contribution in [0.4, 0.5) is 5.69 Å². The molecule has 2 nitrogen and oxygen atoms in total. The molecule has 1 unspecified atom stereocenters. The van der Waals surface area contributed by atoms with E-state index in [9.17, 15) is 0 Å². The average molecular weight is 327 g/mol. The number of halogens is 1. The Balaban J connectivity index is 0.00000162. The molecule has 4 heteroatoms. The summed E-state index contributed by atoms with van der Waals surface area (Å²) in [5.41, 5.74) is 1.13. The van der Waals surface area contributed by atoms with E-state index >= 15 is 0 Å². The lowest BCUT2D eigenvalue weighted by Crippen LogP contribution is -3.00. The molecule has 1 heterocycles. The average Bonchev–Trinajstić information content (AvgIpc) is 2.71. The summed E-state index contributed by atoms with van der Waals surface area (Å²) in [4.78, 5) is 0. The van der Waals surface area contributed by atoms with Gasteiger partial charge in [-0.1, -0.05) is 18.2 Å². The number of para-hydroxylation sites is 1. The summed E-state index contributed by atoms with van der Waals surface area (Å²) < 4.78 is 2.42. The van der Waals surface area contributed by atoms with Gasteiger partial charge in [0.15, 0.2) is 6.54 Å². The normalized spacial score (nSPS) is 19.1. The maximum absolute atomic E-state index is 3.29. The van der Waals surface area contributed by atoms with Gasteiger partial charge in [0.1, 0.15) is 6.54 Å². The zero-order chi connectivity index (χ0) is 12.1. The summed E-state index contributed by atoms with van der Waals surface area (Å²) in [6.45, 7) is 6.73. The highest BCUT2D eigenvalue weighted by Gasteiger charge is 2.25. The van der Waals surface area contributed by atoms with E-state index in [4.69, 9.17) is 0 Å². The lowest BCUT2D eigenvalue weighted by Gasteiger charge is -1.98. The molecule has 98 valence electrons. The Labute approximate surface area is 124 Å². The van der Waals surface area contributed by atoms with Gasteiger partial charge in [0.2, 0.25) is 5.04 Å². The first-order chi connectivity index (χ1) is 8.29. The molecule has 0 saturated heterocycles. The van der Waals surface area contributed by atoms with Crippen LogP contribution in [-0.2, 0) is 0 Å². The van der Waals surface area contributed by atoms with E-state index in [0.717, 1.165) is 18.8 Å². The van der Waals surface area contributed by atoms with Gasteiger partial charge in [-0.3, -0.25) is 0 Å². The van der Waals surface area contributed by atoms with Gasteiger partial charge in [-0.15, -0.1) is 0 Å². The number of benzene rings is 1. The van der Waals surface area contributed by atoms with Gasteiger partial charge < -0.3 is 22.3 Å². The van der Waals surface area contributed by atoms with E-state index < -0.39 is 0 Å². The fourth-order valence-electron chi connectivity index (χ4n) is 1.89. The highest BCUT2D eigenvalue weighted by atomic mass is 79.9. The molecule has 1 aliphatic heterocycles. The molecule has 18 heavy (non-hydrogen) atoms. The van der Waals surface area contributed by atoms with Crippen LogP contribution >= 0.6 is 11.8 Å². The summed E-state index contributed by atoms with van der Waals surface area (Å²) >= 11 is 1.95. The molecule has 0 spiro atoms. The number of hydrogen-bond acceptors (Lipinski definition) is 2. The minimum atomic E-state index is 0. The van der Waals surface area contributed by atoms with Gasteiger partial charge in [-0.05, 0) is 37.7 Å². The number of nitrogens with zero attached hydrogens (tertiary/aromatic N) is 1. The predicted octanol–water partition coefficient (Wildman–Crippen LogP) is 0.182. The van der Waals surface area contributed by atoms with Gasteiger partial charge in [0, 0.05) is 18.0 Å². The molecule has 1 aromatic rings. The van der Waals surface area contributed by atoms with Crippen molar-refractivity contribution in [2.75, 3.05) is 18.4 Å². The topological polar surface area (TPSA) is 15.0 Å². The monoisotopic (exact) mass is 326 g/mol. The first-order valence-electron chi connectivity index (χ1n) is 6.06. The number of hydrogen-bond donors (Lipinski definition) is 1. The van der Waals surface area contributed by atoms with E-state index in [-0.39, 0.29) is 17.0 Å². The van der Waals surface area contributed by atoms with Crippen LogP contribution in [0.2, 0.25) is 0 Å². The maximum atomic E-state index is 3.29. The van der Waals surface area contributed by atoms with Crippen molar-refractivity contribution < 1.29 is 21.6 Å². The van der Waals surface area contributed by atoms with Crippen LogP contribution in [0.5, 0.6) is 0 Å². The van der Waals surface area contributed by atoms with Gasteiger partial charge in [-0.2, -0.15) is 0 Å². The fourth-order valence-corrected chi connectivity index (χ4v) is 3.06. The standard InChI is InChI=1S/C14H18N2S.BrH/c1-3-16-11-12(2)17-14(16)9-10-15-13-7-5-4-6-8-13;/h4-10,12H,3,11H2,1-2H3;1H. The molecule has 1 aromatic carbocycles. The van der Waals surface area contributed by atoms with E-state index in [1.165, 1.54) is 5.04 Å². The summed E-state index contributed by atoms with van der Waals surface area (Å²) in [6.07, 6.45) is 4.20. The number of thioether (sulfide) groups is 1. The van der Waals surface area contributed by atoms with Gasteiger partial charge >= 0.3 is 0 Å². The molecule has 0 aromatic heterocycles. The van der Waals surface area contributed by atoms with Crippen LogP contribution in [0.1, 0.15) is 13.8 Å². The lowest BCUT2D eigenvalue weighted by molar-refractivity contribution is -0.516. The quantitative estimate of drug-likeness (QED) is 0.794. The molecule has 0 radical (unpaired) electrons. The fraction of sp³-hybridized carbons (Fsp3) is 0.357. The second kappa shape index (κ2) is 7.64. The second-order valence-electron chi connectivity index (χ2n) is 4.15. The van der Waals surface area contributed by atoms with E-state index in [0.29, 0.717) is 5.25 Å². The number of anilines is 1. The number of nitrogens with one attached hydrogen (secondary N) is 1. The van der Waals surface area contributed by atoms with Crippen molar-refractivity contribution in [1.29, 1.82) is 0 Å². The van der Waals surface area contributed by atoms with E-state index in [1.54, 1.807) is 0 Å². The lowest BCUT2D eigenvalue weighted by atomic mass is 10.3. The van der Waals surface area contributed by atoms with Crippen LogP contribution in [0.25, 0.3) is 0 Å². The molecule has 0 fully saturated rings. The van der Waals surface area contributed by atoms with E-state index in [1.807, 2.05) is 36.2 Å². The highest BCUT2D eigenvalue weighted by Crippen LogP contribution is 2.20. The minimum Gasteiger partial charge on any atom is -1.00 e. The van der Waals surface area contributed by atoms with Crippen LogP contribution < -0.4 is 22.3 Å². The van der Waals surface area contributed by atoms with Crippen molar-refractivity contribution in [3.05, 3.63) is 42.6 Å². The molecular weight excluding hydrogens is 308 g/mol. The maximum Gasteiger partial charge on any atom is 0.236 e. The zero-order valence-electron chi connectivity index (χ0n) is 10.8. The van der Waals surface area contributed by atoms with Crippen LogP contribution in [0.3, 0.4) is 0 Å². The Morgan fingerprint density at radius 1 is 1.39 bits per heavy atom. The zero-order valence-corrected chi connectivity index (χ0v) is 13.2. The molecule has 1 aliphatic rings. The highest BCUT2D eigenvalue weighted by molar-refractivity contribution is 8.14. The van der Waals surface area contributed by atoms with Crippen molar-refractivity contribution in [1.82, 2.24) is 0 Å². The molecule has 0 aliphatic carbocycles. The predicted molar refractivity (Wildman–Crippen MR) is 76.9 cm³/mol. The summed E-state index contributed by atoms with van der Waals surface area (Å²) in [6, 6.07) is 10.2. The van der Waals surface area contributed by atoms with E-state index in [2.05, 4.69) is 41.9 Å². The van der Waals surface area contributed by atoms with Gasteiger partial charge in [-0.25, -0.2) is 4.58 Å². The first kappa shape index (κ1) is 15.3. The molecule has 1 atom stereocenters. The van der Waals surface area contributed by atoms with Crippen LogP contribution in [0.15, 0.2) is 42.6 Å². The smallest absolute Gasteiger partial charge is 0.236 e. The minimum absolute atomic E-state index is 0. The Morgan fingerprint density at radius 2 is 2.11 bits per heavy atom. The molecule has 2 rings (SSSR count). The summed E-state index contributed by atoms with van der Waals surface area (Å²) in [5.74, 6) is 0. The second-order valence-corrected chi connectivity index (χ2v) is 5.61. The molecular formula is C14H19BrN2S. The van der Waals surface area contributed by atoms with Crippen molar-refractivity contribution in [3.8, 4) is 0 Å². The van der Waals surface area contributed by atoms with Crippen molar-refractivity contribution in [3.63, 3.8) is 0 Å². The first-order valence-corrected chi connectivity index (χ1v) is 6.94. The van der Waals surface area contributed by atoms with Crippen molar-refractivity contribution in [2.45, 2.75) is 19.1 Å². The third-order valence-electron chi connectivity index (χ3n) is 2.74. The Morgan fingerprint density at radius 3 is 2.78 bits per heavy atom. The van der Waals surface area contributed by atoms with Crippen molar-refractivity contribution in [2.24, 2.45) is 0 Å². The van der Waals surface area contributed by atoms with Crippen molar-refractivity contribution >= 4 is 22.5 Å². The third kappa shape index (κ3) is 4.18. The summed E-state index contributed by atoms with van der Waals surface area (Å²) in [5, 5.41) is 5.35. The Kier molecular flexibility index (Phi) is 6.50. The number of rotatable bonds is 4. The SMILES string of the molecule is CC[N+]1=C(/C=C/Nc2ccccc2)SC(C)C1.[Br-]. The van der Waals surface area contributed by atoms with Crippen LogP contribution in [-0.4, -0.2) is 28.0 Å². The van der Waals surface area contributed by atoms with Gasteiger partial charge in [0.05, 0.1) is 5.25 Å². The molecule has 0 bridgehead atoms. The Bertz CT molecular complexity index is 429. The molecule has 0 saturated carbocycles. The van der Waals surface area contributed by atoms with Gasteiger partial charge in [0.25, 0.3) is 0 Å². The summed E-state index contributed by atoms with van der Waals surface area (Å²) in [7, 11) is 0.